The summed E-state index contributed by atoms with van der Waals surface area (Å²) in [7, 11) is 1.61. The van der Waals surface area contributed by atoms with E-state index in [4.69, 9.17) is 4.74 Å². The van der Waals surface area contributed by atoms with Crippen molar-refractivity contribution in [3.05, 3.63) is 16.3 Å². The molecule has 0 fully saturated rings. The van der Waals surface area contributed by atoms with Crippen molar-refractivity contribution in [3.63, 3.8) is 0 Å². The molecule has 0 amide bonds. The first-order valence-electron chi connectivity index (χ1n) is 6.09. The van der Waals surface area contributed by atoms with Crippen molar-refractivity contribution < 1.29 is 9.66 Å². The summed E-state index contributed by atoms with van der Waals surface area (Å²) < 4.78 is 4.97. The van der Waals surface area contributed by atoms with Gasteiger partial charge in [0.15, 0.2) is 0 Å². The molecule has 0 saturated heterocycles. The summed E-state index contributed by atoms with van der Waals surface area (Å²) in [6, 6.07) is 0.0167. The number of aromatic nitrogens is 2. The van der Waals surface area contributed by atoms with Crippen LogP contribution in [-0.2, 0) is 4.74 Å². The molecule has 0 spiro atoms. The monoisotopic (exact) mass is 269 g/mol. The van der Waals surface area contributed by atoms with Gasteiger partial charge in [0.2, 0.25) is 11.8 Å². The van der Waals surface area contributed by atoms with E-state index in [-0.39, 0.29) is 17.5 Å². The Hall–Kier alpha value is -1.96. The highest BCUT2D eigenvalue weighted by molar-refractivity contribution is 5.57. The number of methoxy groups -OCH3 is 1. The Morgan fingerprint density at radius 3 is 2.89 bits per heavy atom. The zero-order valence-corrected chi connectivity index (χ0v) is 11.3. The summed E-state index contributed by atoms with van der Waals surface area (Å²) in [5.41, 5.74) is -0.133. The van der Waals surface area contributed by atoms with Crippen molar-refractivity contribution in [2.24, 2.45) is 0 Å². The number of ether oxygens (including phenoxy) is 1. The molecule has 1 aromatic heterocycles. The molecule has 1 atom stereocenters. The molecule has 106 valence electrons. The van der Waals surface area contributed by atoms with Gasteiger partial charge >= 0.3 is 5.69 Å². The molecule has 0 radical (unpaired) electrons. The van der Waals surface area contributed by atoms with Crippen LogP contribution < -0.4 is 10.6 Å². The molecule has 0 aliphatic heterocycles. The predicted octanol–water partition coefficient (Wildman–Crippen LogP) is 1.65. The SMILES string of the molecule is CCNc1ncc([N+](=O)[O-])c(NC(C)CCOC)n1. The minimum absolute atomic E-state index is 0.0167. The molecule has 1 aromatic rings. The highest BCUT2D eigenvalue weighted by atomic mass is 16.6. The normalized spacial score (nSPS) is 11.9. The number of rotatable bonds is 8. The van der Waals surface area contributed by atoms with Gasteiger partial charge < -0.3 is 15.4 Å². The van der Waals surface area contributed by atoms with Crippen LogP contribution in [0.3, 0.4) is 0 Å². The fourth-order valence-corrected chi connectivity index (χ4v) is 1.46. The summed E-state index contributed by atoms with van der Waals surface area (Å²) >= 11 is 0. The maximum absolute atomic E-state index is 10.9. The van der Waals surface area contributed by atoms with E-state index in [0.29, 0.717) is 19.1 Å². The van der Waals surface area contributed by atoms with E-state index in [0.717, 1.165) is 6.42 Å². The van der Waals surface area contributed by atoms with E-state index in [2.05, 4.69) is 20.6 Å². The molecule has 1 rings (SSSR count). The predicted molar refractivity (Wildman–Crippen MR) is 72.4 cm³/mol. The third kappa shape index (κ3) is 4.66. The van der Waals surface area contributed by atoms with Crippen molar-refractivity contribution in [2.45, 2.75) is 26.3 Å². The molecule has 19 heavy (non-hydrogen) atoms. The van der Waals surface area contributed by atoms with Gasteiger partial charge in [-0.3, -0.25) is 10.1 Å². The van der Waals surface area contributed by atoms with Crippen molar-refractivity contribution in [1.82, 2.24) is 9.97 Å². The maximum Gasteiger partial charge on any atom is 0.329 e. The third-order valence-corrected chi connectivity index (χ3v) is 2.44. The van der Waals surface area contributed by atoms with Crippen LogP contribution in [0.25, 0.3) is 0 Å². The summed E-state index contributed by atoms with van der Waals surface area (Å²) in [5, 5.41) is 16.9. The van der Waals surface area contributed by atoms with Crippen molar-refractivity contribution in [1.29, 1.82) is 0 Å². The quantitative estimate of drug-likeness (QED) is 0.546. The van der Waals surface area contributed by atoms with Crippen LogP contribution in [0, 0.1) is 10.1 Å². The fourth-order valence-electron chi connectivity index (χ4n) is 1.46. The van der Waals surface area contributed by atoms with E-state index in [1.807, 2.05) is 13.8 Å². The molecule has 2 N–H and O–H groups in total. The van der Waals surface area contributed by atoms with Gasteiger partial charge in [0, 0.05) is 26.3 Å². The van der Waals surface area contributed by atoms with Crippen LogP contribution >= 0.6 is 0 Å². The van der Waals surface area contributed by atoms with Gasteiger partial charge in [-0.2, -0.15) is 4.98 Å². The Morgan fingerprint density at radius 2 is 2.32 bits per heavy atom. The second kappa shape index (κ2) is 7.47. The summed E-state index contributed by atoms with van der Waals surface area (Å²) in [4.78, 5) is 18.4. The molecular formula is C11H19N5O3. The Labute approximate surface area is 111 Å². The van der Waals surface area contributed by atoms with Gasteiger partial charge in [-0.05, 0) is 20.3 Å². The van der Waals surface area contributed by atoms with Crippen molar-refractivity contribution >= 4 is 17.5 Å². The molecule has 0 aliphatic rings. The lowest BCUT2D eigenvalue weighted by Crippen LogP contribution is -2.19. The Balaban J connectivity index is 2.87. The summed E-state index contributed by atoms with van der Waals surface area (Å²) in [5.74, 6) is 0.592. The number of hydrogen-bond donors (Lipinski definition) is 2. The zero-order chi connectivity index (χ0) is 14.3. The van der Waals surface area contributed by atoms with Crippen LogP contribution in [0.2, 0.25) is 0 Å². The lowest BCUT2D eigenvalue weighted by Gasteiger charge is -2.14. The molecule has 8 nitrogen and oxygen atoms in total. The first kappa shape index (κ1) is 15.1. The number of nitrogens with zero attached hydrogens (tertiary/aromatic N) is 3. The van der Waals surface area contributed by atoms with Crippen molar-refractivity contribution in [2.75, 3.05) is 30.9 Å². The van der Waals surface area contributed by atoms with Crippen LogP contribution in [0.15, 0.2) is 6.20 Å². The average molecular weight is 269 g/mol. The van der Waals surface area contributed by atoms with Crippen LogP contribution in [0.5, 0.6) is 0 Å². The molecule has 0 saturated carbocycles. The topological polar surface area (TPSA) is 102 Å². The third-order valence-electron chi connectivity index (χ3n) is 2.44. The van der Waals surface area contributed by atoms with Crippen LogP contribution in [-0.4, -0.2) is 41.2 Å². The second-order valence-electron chi connectivity index (χ2n) is 4.04. The number of nitrogens with one attached hydrogen (secondary N) is 2. The highest BCUT2D eigenvalue weighted by Crippen LogP contribution is 2.23. The van der Waals surface area contributed by atoms with Gasteiger partial charge in [0.1, 0.15) is 6.20 Å². The largest absolute Gasteiger partial charge is 0.385 e. The first-order chi connectivity index (χ1) is 9.08. The van der Waals surface area contributed by atoms with E-state index < -0.39 is 4.92 Å². The lowest BCUT2D eigenvalue weighted by atomic mass is 10.2. The van der Waals surface area contributed by atoms with Gasteiger partial charge in [0.25, 0.3) is 0 Å². The van der Waals surface area contributed by atoms with Gasteiger partial charge in [-0.1, -0.05) is 0 Å². The minimum atomic E-state index is -0.499. The molecule has 1 unspecified atom stereocenters. The van der Waals surface area contributed by atoms with E-state index in [1.165, 1.54) is 6.20 Å². The molecule has 0 bridgehead atoms. The fraction of sp³-hybridized carbons (Fsp3) is 0.636. The van der Waals surface area contributed by atoms with E-state index in [1.54, 1.807) is 7.11 Å². The number of nitro groups is 1. The second-order valence-corrected chi connectivity index (χ2v) is 4.04. The van der Waals surface area contributed by atoms with Crippen LogP contribution in [0.1, 0.15) is 20.3 Å². The molecule has 1 heterocycles. The van der Waals surface area contributed by atoms with Crippen LogP contribution in [0.4, 0.5) is 17.5 Å². The number of anilines is 2. The standard InChI is InChI=1S/C11H19N5O3/c1-4-12-11-13-7-9(16(17)18)10(15-11)14-8(2)5-6-19-3/h7-8H,4-6H2,1-3H3,(H2,12,13,14,15). The summed E-state index contributed by atoms with van der Waals surface area (Å²) in [6.07, 6.45) is 1.94. The lowest BCUT2D eigenvalue weighted by molar-refractivity contribution is -0.384. The molecular weight excluding hydrogens is 250 g/mol. The Morgan fingerprint density at radius 1 is 1.58 bits per heavy atom. The minimum Gasteiger partial charge on any atom is -0.385 e. The smallest absolute Gasteiger partial charge is 0.329 e. The zero-order valence-electron chi connectivity index (χ0n) is 11.3. The van der Waals surface area contributed by atoms with Gasteiger partial charge in [0.05, 0.1) is 4.92 Å². The van der Waals surface area contributed by atoms with Gasteiger partial charge in [-0.15, -0.1) is 0 Å². The Bertz CT molecular complexity index is 427. The molecule has 0 aromatic carbocycles. The molecule has 0 aliphatic carbocycles. The Kier molecular flexibility index (Phi) is 5.94. The van der Waals surface area contributed by atoms with Gasteiger partial charge in [-0.25, -0.2) is 4.98 Å². The highest BCUT2D eigenvalue weighted by Gasteiger charge is 2.18. The van der Waals surface area contributed by atoms with Crippen molar-refractivity contribution in [3.8, 4) is 0 Å². The number of hydrogen-bond acceptors (Lipinski definition) is 7. The first-order valence-corrected chi connectivity index (χ1v) is 6.09. The summed E-state index contributed by atoms with van der Waals surface area (Å²) in [6.45, 7) is 5.04. The molecule has 8 heteroatoms. The van der Waals surface area contributed by atoms with E-state index >= 15 is 0 Å². The average Bonchev–Trinajstić information content (AvgIpc) is 2.36. The maximum atomic E-state index is 10.9. The van der Waals surface area contributed by atoms with E-state index in [9.17, 15) is 10.1 Å².